The van der Waals surface area contributed by atoms with Gasteiger partial charge in [-0.15, -0.1) is 0 Å². The SMILES string of the molecule is CCC[C@H]1CN(C(=O)C(CC(C)C)NC(=O)c2ccc(N3CCN(CCC)CC3)cc2)[C@@H]2C(=O)CO[C@H]12. The van der Waals surface area contributed by atoms with Crippen molar-refractivity contribution in [1.82, 2.24) is 15.1 Å². The van der Waals surface area contributed by atoms with Gasteiger partial charge in [0.25, 0.3) is 5.91 Å². The Morgan fingerprint density at radius 1 is 1.05 bits per heavy atom. The maximum absolute atomic E-state index is 13.7. The van der Waals surface area contributed by atoms with E-state index in [1.54, 1.807) is 4.90 Å². The zero-order chi connectivity index (χ0) is 26.5. The van der Waals surface area contributed by atoms with E-state index in [2.05, 4.69) is 29.0 Å². The van der Waals surface area contributed by atoms with E-state index in [0.717, 1.165) is 51.3 Å². The first-order chi connectivity index (χ1) is 17.8. The molecule has 1 unspecified atom stereocenters. The van der Waals surface area contributed by atoms with Crippen LogP contribution in [0.3, 0.4) is 0 Å². The minimum absolute atomic E-state index is 0.0299. The Labute approximate surface area is 221 Å². The minimum Gasteiger partial charge on any atom is -0.369 e. The monoisotopic (exact) mass is 512 g/mol. The average Bonchev–Trinajstić information content (AvgIpc) is 3.44. The molecule has 8 heteroatoms. The number of carbonyl (C=O) groups is 3. The summed E-state index contributed by atoms with van der Waals surface area (Å²) in [4.78, 5) is 46.1. The van der Waals surface area contributed by atoms with Crippen LogP contribution in [0.25, 0.3) is 0 Å². The maximum Gasteiger partial charge on any atom is 0.251 e. The van der Waals surface area contributed by atoms with Crippen LogP contribution in [0.5, 0.6) is 0 Å². The fraction of sp³-hybridized carbons (Fsp3) is 0.690. The number of likely N-dealkylation sites (tertiary alicyclic amines) is 1. The van der Waals surface area contributed by atoms with E-state index in [9.17, 15) is 14.4 Å². The van der Waals surface area contributed by atoms with Crippen molar-refractivity contribution in [2.45, 2.75) is 71.6 Å². The number of benzene rings is 1. The van der Waals surface area contributed by atoms with Gasteiger partial charge in [-0.05, 0) is 56.0 Å². The topological polar surface area (TPSA) is 82.2 Å². The fourth-order valence-electron chi connectivity index (χ4n) is 6.11. The number of hydrogen-bond donors (Lipinski definition) is 1. The van der Waals surface area contributed by atoms with Gasteiger partial charge in [-0.2, -0.15) is 0 Å². The lowest BCUT2D eigenvalue weighted by Crippen LogP contribution is -2.52. The molecule has 0 radical (unpaired) electrons. The Morgan fingerprint density at radius 3 is 2.38 bits per heavy atom. The summed E-state index contributed by atoms with van der Waals surface area (Å²) in [5, 5.41) is 3.00. The first kappa shape index (κ1) is 27.6. The van der Waals surface area contributed by atoms with Crippen LogP contribution in [0.1, 0.15) is 63.7 Å². The number of carbonyl (C=O) groups excluding carboxylic acids is 3. The molecule has 4 atom stereocenters. The first-order valence-electron chi connectivity index (χ1n) is 14.1. The van der Waals surface area contributed by atoms with Crippen LogP contribution in [-0.2, 0) is 14.3 Å². The summed E-state index contributed by atoms with van der Waals surface area (Å²) >= 11 is 0. The van der Waals surface area contributed by atoms with Gasteiger partial charge in [0.15, 0.2) is 5.78 Å². The van der Waals surface area contributed by atoms with Crippen molar-refractivity contribution in [2.75, 3.05) is 50.8 Å². The molecule has 1 N–H and O–H groups in total. The highest BCUT2D eigenvalue weighted by molar-refractivity contribution is 5.99. The van der Waals surface area contributed by atoms with Crippen molar-refractivity contribution in [2.24, 2.45) is 11.8 Å². The highest BCUT2D eigenvalue weighted by atomic mass is 16.5. The zero-order valence-electron chi connectivity index (χ0n) is 22.9. The summed E-state index contributed by atoms with van der Waals surface area (Å²) in [5.41, 5.74) is 1.66. The molecule has 8 nitrogen and oxygen atoms in total. The number of Topliss-reactive ketones (excluding diaryl/α,β-unsaturated/α-hetero) is 1. The molecule has 2 amide bonds. The third-order valence-corrected chi connectivity index (χ3v) is 7.95. The van der Waals surface area contributed by atoms with E-state index in [4.69, 9.17) is 4.74 Å². The lowest BCUT2D eigenvalue weighted by molar-refractivity contribution is -0.138. The molecule has 3 aliphatic heterocycles. The molecule has 0 bridgehead atoms. The molecule has 0 aliphatic carbocycles. The van der Waals surface area contributed by atoms with Gasteiger partial charge in [0.1, 0.15) is 18.7 Å². The first-order valence-corrected chi connectivity index (χ1v) is 14.1. The molecular formula is C29H44N4O4. The van der Waals surface area contributed by atoms with Crippen molar-refractivity contribution >= 4 is 23.3 Å². The minimum atomic E-state index is -0.673. The predicted octanol–water partition coefficient (Wildman–Crippen LogP) is 2.96. The number of ketones is 1. The summed E-state index contributed by atoms with van der Waals surface area (Å²) in [6.45, 7) is 14.2. The van der Waals surface area contributed by atoms with Gasteiger partial charge in [-0.1, -0.05) is 34.1 Å². The molecule has 4 rings (SSSR count). The number of piperazine rings is 1. The van der Waals surface area contributed by atoms with Crippen LogP contribution >= 0.6 is 0 Å². The van der Waals surface area contributed by atoms with Crippen LogP contribution < -0.4 is 10.2 Å². The smallest absolute Gasteiger partial charge is 0.251 e. The normalized spacial score (nSPS) is 25.0. The summed E-state index contributed by atoms with van der Waals surface area (Å²) in [6.07, 6.45) is 3.37. The van der Waals surface area contributed by atoms with Gasteiger partial charge in [0.2, 0.25) is 5.91 Å². The Morgan fingerprint density at radius 2 is 1.76 bits per heavy atom. The molecule has 3 aliphatic rings. The largest absolute Gasteiger partial charge is 0.369 e. The molecule has 3 heterocycles. The van der Waals surface area contributed by atoms with Crippen molar-refractivity contribution in [3.05, 3.63) is 29.8 Å². The third kappa shape index (κ3) is 6.34. The van der Waals surface area contributed by atoms with Gasteiger partial charge in [-0.25, -0.2) is 0 Å². The molecule has 204 valence electrons. The molecule has 1 aromatic carbocycles. The summed E-state index contributed by atoms with van der Waals surface area (Å²) in [5.74, 6) is -0.0810. The zero-order valence-corrected chi connectivity index (χ0v) is 22.9. The number of ether oxygens (including phenoxy) is 1. The highest BCUT2D eigenvalue weighted by Gasteiger charge is 2.52. The predicted molar refractivity (Wildman–Crippen MR) is 145 cm³/mol. The van der Waals surface area contributed by atoms with E-state index in [1.807, 2.05) is 38.1 Å². The standard InChI is InChI=1S/C29H44N4O4/c1-5-7-22-18-33(26-25(34)19-37-27(22)26)29(36)24(17-20(3)4)30-28(35)21-8-10-23(11-9-21)32-15-13-31(12-6-2)14-16-32/h8-11,20,22,24,26-27H,5-7,12-19H2,1-4H3,(H,30,35)/t22-,24?,26+,27+/m0/s1. The third-order valence-electron chi connectivity index (χ3n) is 7.95. The number of rotatable bonds is 10. The van der Waals surface area contributed by atoms with E-state index >= 15 is 0 Å². The Bertz CT molecular complexity index is 942. The Kier molecular flexibility index (Phi) is 9.24. The lowest BCUT2D eigenvalue weighted by atomic mass is 9.97. The van der Waals surface area contributed by atoms with Gasteiger partial charge in [-0.3, -0.25) is 19.3 Å². The van der Waals surface area contributed by atoms with E-state index < -0.39 is 12.1 Å². The molecule has 3 fully saturated rings. The molecule has 1 aromatic rings. The highest BCUT2D eigenvalue weighted by Crippen LogP contribution is 2.35. The van der Waals surface area contributed by atoms with E-state index in [-0.39, 0.29) is 42.1 Å². The molecular weight excluding hydrogens is 468 g/mol. The number of nitrogens with zero attached hydrogens (tertiary/aromatic N) is 3. The van der Waals surface area contributed by atoms with Crippen LogP contribution in [0.4, 0.5) is 5.69 Å². The molecule has 0 spiro atoms. The Hall–Kier alpha value is -2.45. The van der Waals surface area contributed by atoms with Gasteiger partial charge in [0.05, 0.1) is 6.10 Å². The van der Waals surface area contributed by atoms with Crippen LogP contribution in [0.2, 0.25) is 0 Å². The number of amides is 2. The van der Waals surface area contributed by atoms with Crippen LogP contribution in [0.15, 0.2) is 24.3 Å². The molecule has 0 aromatic heterocycles. The Balaban J connectivity index is 1.42. The molecule has 0 saturated carbocycles. The summed E-state index contributed by atoms with van der Waals surface area (Å²) in [6, 6.07) is 6.49. The summed E-state index contributed by atoms with van der Waals surface area (Å²) in [7, 11) is 0. The van der Waals surface area contributed by atoms with Crippen LogP contribution in [-0.4, -0.2) is 91.5 Å². The van der Waals surface area contributed by atoms with Crippen molar-refractivity contribution < 1.29 is 19.1 Å². The number of anilines is 1. The molecule has 37 heavy (non-hydrogen) atoms. The lowest BCUT2D eigenvalue weighted by Gasteiger charge is -2.36. The van der Waals surface area contributed by atoms with E-state index in [1.165, 1.54) is 6.42 Å². The van der Waals surface area contributed by atoms with Crippen molar-refractivity contribution in [1.29, 1.82) is 0 Å². The summed E-state index contributed by atoms with van der Waals surface area (Å²) < 4.78 is 5.79. The second-order valence-electron chi connectivity index (χ2n) is 11.3. The van der Waals surface area contributed by atoms with Crippen molar-refractivity contribution in [3.8, 4) is 0 Å². The second kappa shape index (κ2) is 12.4. The fourth-order valence-corrected chi connectivity index (χ4v) is 6.11. The van der Waals surface area contributed by atoms with Gasteiger partial charge < -0.3 is 19.9 Å². The number of fused-ring (bicyclic) bond motifs is 1. The van der Waals surface area contributed by atoms with E-state index in [0.29, 0.717) is 18.5 Å². The molecule has 3 saturated heterocycles. The second-order valence-corrected chi connectivity index (χ2v) is 11.3. The number of nitrogens with one attached hydrogen (secondary N) is 1. The van der Waals surface area contributed by atoms with Crippen molar-refractivity contribution in [3.63, 3.8) is 0 Å². The maximum atomic E-state index is 13.7. The average molecular weight is 513 g/mol. The quantitative estimate of drug-likeness (QED) is 0.519. The number of hydrogen-bond acceptors (Lipinski definition) is 6. The van der Waals surface area contributed by atoms with Gasteiger partial charge >= 0.3 is 0 Å². The van der Waals surface area contributed by atoms with Gasteiger partial charge in [0, 0.05) is 49.9 Å². The van der Waals surface area contributed by atoms with Crippen LogP contribution in [0, 0.1) is 11.8 Å².